The standard InChI is InChI=1S/C5H6F3N/c1-9-4-2-3-5(6,7)8/h2-4H,1H3/b3-2+,9-4?. The molecule has 0 aliphatic heterocycles. The predicted octanol–water partition coefficient (Wildman–Crippen LogP) is 1.81. The molecule has 52 valence electrons. The van der Waals surface area contributed by atoms with Gasteiger partial charge >= 0.3 is 6.18 Å². The Hall–Kier alpha value is -0.800. The largest absolute Gasteiger partial charge is 0.409 e. The lowest BCUT2D eigenvalue weighted by molar-refractivity contribution is -0.0797. The zero-order valence-electron chi connectivity index (χ0n) is 4.81. The fourth-order valence-corrected chi connectivity index (χ4v) is 0.238. The van der Waals surface area contributed by atoms with Crippen molar-refractivity contribution in [2.24, 2.45) is 4.99 Å². The Morgan fingerprint density at radius 3 is 2.22 bits per heavy atom. The van der Waals surface area contributed by atoms with Crippen LogP contribution in [0.3, 0.4) is 0 Å². The Morgan fingerprint density at radius 2 is 1.89 bits per heavy atom. The maximum Gasteiger partial charge on any atom is 0.409 e. The summed E-state index contributed by atoms with van der Waals surface area (Å²) in [5.74, 6) is 0. The monoisotopic (exact) mass is 137 g/mol. The van der Waals surface area contributed by atoms with E-state index in [1.807, 2.05) is 0 Å². The third-order valence-corrected chi connectivity index (χ3v) is 0.520. The molecular formula is C5H6F3N. The van der Waals surface area contributed by atoms with Crippen LogP contribution in [0.1, 0.15) is 0 Å². The second-order valence-electron chi connectivity index (χ2n) is 1.31. The van der Waals surface area contributed by atoms with Crippen LogP contribution in [-0.2, 0) is 0 Å². The lowest BCUT2D eigenvalue weighted by Gasteiger charge is -1.93. The van der Waals surface area contributed by atoms with Gasteiger partial charge in [0.15, 0.2) is 0 Å². The fraction of sp³-hybridized carbons (Fsp3) is 0.400. The van der Waals surface area contributed by atoms with E-state index in [1.165, 1.54) is 7.05 Å². The number of aliphatic imine (C=N–C) groups is 1. The van der Waals surface area contributed by atoms with Crippen LogP contribution >= 0.6 is 0 Å². The van der Waals surface area contributed by atoms with E-state index in [2.05, 4.69) is 4.99 Å². The van der Waals surface area contributed by atoms with E-state index in [1.54, 1.807) is 0 Å². The van der Waals surface area contributed by atoms with Crippen LogP contribution in [0.4, 0.5) is 13.2 Å². The third kappa shape index (κ3) is 7.20. The Bertz CT molecular complexity index is 123. The quantitative estimate of drug-likeness (QED) is 0.488. The Kier molecular flexibility index (Phi) is 2.98. The zero-order chi connectivity index (χ0) is 7.33. The Morgan fingerprint density at radius 1 is 1.33 bits per heavy atom. The van der Waals surface area contributed by atoms with Gasteiger partial charge in [0, 0.05) is 19.3 Å². The predicted molar refractivity (Wildman–Crippen MR) is 29.6 cm³/mol. The number of nitrogens with zero attached hydrogens (tertiary/aromatic N) is 1. The van der Waals surface area contributed by atoms with Crippen LogP contribution in [0, 0.1) is 0 Å². The molecule has 0 fully saturated rings. The topological polar surface area (TPSA) is 12.4 Å². The van der Waals surface area contributed by atoms with Crippen LogP contribution < -0.4 is 0 Å². The Balaban J connectivity index is 3.71. The van der Waals surface area contributed by atoms with Gasteiger partial charge in [0.05, 0.1) is 0 Å². The van der Waals surface area contributed by atoms with E-state index >= 15 is 0 Å². The molecule has 0 aliphatic rings. The molecule has 0 unspecified atom stereocenters. The van der Waals surface area contributed by atoms with E-state index in [4.69, 9.17) is 0 Å². The van der Waals surface area contributed by atoms with Crippen LogP contribution in [0.15, 0.2) is 17.1 Å². The van der Waals surface area contributed by atoms with Crippen LogP contribution in [0.2, 0.25) is 0 Å². The lowest BCUT2D eigenvalue weighted by atomic mass is 10.5. The SMILES string of the molecule is CN=C/C=C/C(F)(F)F. The van der Waals surface area contributed by atoms with Crippen LogP contribution in [0.5, 0.6) is 0 Å². The average molecular weight is 137 g/mol. The van der Waals surface area contributed by atoms with E-state index < -0.39 is 6.18 Å². The van der Waals surface area contributed by atoms with Gasteiger partial charge in [-0.25, -0.2) is 0 Å². The molecule has 0 aromatic rings. The number of alkyl halides is 3. The van der Waals surface area contributed by atoms with Crippen LogP contribution in [-0.4, -0.2) is 19.4 Å². The molecule has 0 N–H and O–H groups in total. The summed E-state index contributed by atoms with van der Waals surface area (Å²) in [6, 6.07) is 0. The van der Waals surface area contributed by atoms with Crippen molar-refractivity contribution in [1.82, 2.24) is 0 Å². The van der Waals surface area contributed by atoms with Gasteiger partial charge in [-0.05, 0) is 6.08 Å². The summed E-state index contributed by atoms with van der Waals surface area (Å²) < 4.78 is 33.7. The molecule has 0 bridgehead atoms. The highest BCUT2D eigenvalue weighted by molar-refractivity contribution is 5.70. The van der Waals surface area contributed by atoms with Crippen LogP contribution in [0.25, 0.3) is 0 Å². The molecule has 0 aromatic carbocycles. The van der Waals surface area contributed by atoms with Crippen molar-refractivity contribution in [3.8, 4) is 0 Å². The minimum Gasteiger partial charge on any atom is -0.297 e. The van der Waals surface area contributed by atoms with E-state index in [9.17, 15) is 13.2 Å². The first-order chi connectivity index (χ1) is 4.06. The summed E-state index contributed by atoms with van der Waals surface area (Å²) in [6.45, 7) is 0. The van der Waals surface area contributed by atoms with E-state index in [0.29, 0.717) is 0 Å². The summed E-state index contributed by atoms with van der Waals surface area (Å²) in [6.07, 6.45) is -2.17. The lowest BCUT2D eigenvalue weighted by Crippen LogP contribution is -2.00. The molecule has 0 aliphatic carbocycles. The molecule has 0 atom stereocenters. The number of halogens is 3. The molecule has 0 radical (unpaired) electrons. The third-order valence-electron chi connectivity index (χ3n) is 0.520. The van der Waals surface area contributed by atoms with Crippen molar-refractivity contribution in [2.45, 2.75) is 6.18 Å². The van der Waals surface area contributed by atoms with Crippen molar-refractivity contribution in [2.75, 3.05) is 7.05 Å². The molecule has 0 rings (SSSR count). The molecule has 4 heteroatoms. The van der Waals surface area contributed by atoms with Gasteiger partial charge < -0.3 is 0 Å². The van der Waals surface area contributed by atoms with E-state index in [-0.39, 0.29) is 6.08 Å². The fourth-order valence-electron chi connectivity index (χ4n) is 0.238. The van der Waals surface area contributed by atoms with Gasteiger partial charge in [0.1, 0.15) is 0 Å². The first kappa shape index (κ1) is 8.20. The molecule has 0 spiro atoms. The molecule has 9 heavy (non-hydrogen) atoms. The normalized spacial score (nSPS) is 13.8. The molecule has 0 saturated carbocycles. The minimum atomic E-state index is -4.22. The van der Waals surface area contributed by atoms with Gasteiger partial charge in [-0.15, -0.1) is 0 Å². The van der Waals surface area contributed by atoms with Gasteiger partial charge in [-0.1, -0.05) is 0 Å². The summed E-state index contributed by atoms with van der Waals surface area (Å²) in [4.78, 5) is 3.33. The molecule has 0 aromatic heterocycles. The van der Waals surface area contributed by atoms with E-state index in [0.717, 1.165) is 12.3 Å². The number of rotatable bonds is 1. The highest BCUT2D eigenvalue weighted by atomic mass is 19.4. The zero-order valence-corrected chi connectivity index (χ0v) is 4.81. The van der Waals surface area contributed by atoms with Gasteiger partial charge in [0.2, 0.25) is 0 Å². The number of hydrogen-bond donors (Lipinski definition) is 0. The molecular weight excluding hydrogens is 131 g/mol. The van der Waals surface area contributed by atoms with Crippen molar-refractivity contribution in [3.05, 3.63) is 12.2 Å². The minimum absolute atomic E-state index is 0.125. The number of hydrogen-bond acceptors (Lipinski definition) is 1. The van der Waals surface area contributed by atoms with Crippen molar-refractivity contribution < 1.29 is 13.2 Å². The summed E-state index contributed by atoms with van der Waals surface area (Å²) in [5.41, 5.74) is 0. The van der Waals surface area contributed by atoms with Gasteiger partial charge in [0.25, 0.3) is 0 Å². The first-order valence-corrected chi connectivity index (χ1v) is 2.23. The second kappa shape index (κ2) is 3.27. The average Bonchev–Trinajstić information content (AvgIpc) is 1.63. The summed E-state index contributed by atoms with van der Waals surface area (Å²) in [7, 11) is 1.40. The highest BCUT2D eigenvalue weighted by Crippen LogP contribution is 2.14. The molecule has 0 saturated heterocycles. The molecule has 0 amide bonds. The van der Waals surface area contributed by atoms with Crippen molar-refractivity contribution in [1.29, 1.82) is 0 Å². The first-order valence-electron chi connectivity index (χ1n) is 2.23. The van der Waals surface area contributed by atoms with Gasteiger partial charge in [-0.2, -0.15) is 13.2 Å². The maximum atomic E-state index is 11.2. The maximum absolute atomic E-state index is 11.2. The molecule has 1 nitrogen and oxygen atoms in total. The second-order valence-corrected chi connectivity index (χ2v) is 1.31. The van der Waals surface area contributed by atoms with Crippen molar-refractivity contribution in [3.63, 3.8) is 0 Å². The van der Waals surface area contributed by atoms with Crippen molar-refractivity contribution >= 4 is 6.21 Å². The number of allylic oxidation sites excluding steroid dienone is 2. The highest BCUT2D eigenvalue weighted by Gasteiger charge is 2.21. The summed E-state index contributed by atoms with van der Waals surface area (Å²) >= 11 is 0. The smallest absolute Gasteiger partial charge is 0.297 e. The summed E-state index contributed by atoms with van der Waals surface area (Å²) in [5, 5.41) is 0. The van der Waals surface area contributed by atoms with Gasteiger partial charge in [-0.3, -0.25) is 4.99 Å². The molecule has 0 heterocycles. The Labute approximate surface area is 50.9 Å².